The topological polar surface area (TPSA) is 55.6 Å². The molecule has 0 saturated heterocycles. The molecule has 15 heavy (non-hydrogen) atoms. The van der Waals surface area contributed by atoms with Crippen molar-refractivity contribution in [3.8, 4) is 5.75 Å². The van der Waals surface area contributed by atoms with Crippen molar-refractivity contribution in [1.29, 1.82) is 0 Å². The normalized spacial score (nSPS) is 9.87. The first-order valence-corrected chi connectivity index (χ1v) is 5.19. The smallest absolute Gasteiger partial charge is 0.240 e. The highest BCUT2D eigenvalue weighted by Crippen LogP contribution is 2.30. The van der Waals surface area contributed by atoms with Crippen LogP contribution in [-0.4, -0.2) is 26.6 Å². The van der Waals surface area contributed by atoms with Gasteiger partial charge < -0.3 is 15.4 Å². The van der Waals surface area contributed by atoms with Crippen LogP contribution in [0.5, 0.6) is 5.75 Å². The third-order valence-corrected chi connectivity index (χ3v) is 2.54. The number of anilines is 1. The van der Waals surface area contributed by atoms with Crippen LogP contribution in [0, 0.1) is 0 Å². The maximum atomic E-state index is 11.4. The first-order valence-electron chi connectivity index (χ1n) is 4.40. The van der Waals surface area contributed by atoms with Gasteiger partial charge in [0.2, 0.25) is 5.91 Å². The van der Waals surface area contributed by atoms with E-state index in [4.69, 9.17) is 10.5 Å². The predicted octanol–water partition coefficient (Wildman–Crippen LogP) is 1.38. The van der Waals surface area contributed by atoms with E-state index in [0.717, 1.165) is 4.47 Å². The third-order valence-electron chi connectivity index (χ3n) is 2.05. The second-order valence-corrected chi connectivity index (χ2v) is 3.89. The number of carbonyl (C=O) groups is 1. The summed E-state index contributed by atoms with van der Waals surface area (Å²) in [5.74, 6) is 0.480. The molecule has 1 aromatic carbocycles. The summed E-state index contributed by atoms with van der Waals surface area (Å²) in [7, 11) is 3.23. The van der Waals surface area contributed by atoms with Gasteiger partial charge in [-0.15, -0.1) is 0 Å². The van der Waals surface area contributed by atoms with E-state index in [-0.39, 0.29) is 12.5 Å². The number of nitrogens with two attached hydrogens (primary N) is 1. The lowest BCUT2D eigenvalue weighted by Gasteiger charge is -2.19. The molecule has 0 fully saturated rings. The Morgan fingerprint density at radius 3 is 2.80 bits per heavy atom. The maximum absolute atomic E-state index is 11.4. The number of rotatable bonds is 3. The molecule has 1 amide bonds. The van der Waals surface area contributed by atoms with Gasteiger partial charge >= 0.3 is 0 Å². The number of amides is 1. The lowest BCUT2D eigenvalue weighted by Crippen LogP contribution is -2.32. The zero-order valence-electron chi connectivity index (χ0n) is 8.66. The first kappa shape index (κ1) is 12.0. The summed E-state index contributed by atoms with van der Waals surface area (Å²) < 4.78 is 6.04. The highest BCUT2D eigenvalue weighted by Gasteiger charge is 2.13. The quantitative estimate of drug-likeness (QED) is 0.905. The van der Waals surface area contributed by atoms with E-state index >= 15 is 0 Å². The molecule has 2 N–H and O–H groups in total. The molecule has 0 atom stereocenters. The number of likely N-dealkylation sites (N-methyl/N-ethyl adjacent to an activating group) is 1. The van der Waals surface area contributed by atoms with Gasteiger partial charge in [-0.1, -0.05) is 15.9 Å². The summed E-state index contributed by atoms with van der Waals surface area (Å²) in [6, 6.07) is 5.45. The molecular formula is C10H13BrN2O2. The minimum absolute atomic E-state index is 0.0217. The van der Waals surface area contributed by atoms with Gasteiger partial charge in [-0.3, -0.25) is 4.79 Å². The number of halogens is 1. The summed E-state index contributed by atoms with van der Waals surface area (Å²) in [5.41, 5.74) is 5.99. The van der Waals surface area contributed by atoms with Crippen LogP contribution in [-0.2, 0) is 4.79 Å². The average molecular weight is 273 g/mol. The van der Waals surface area contributed by atoms with Crippen LogP contribution in [0.25, 0.3) is 0 Å². The fraction of sp³-hybridized carbons (Fsp3) is 0.300. The van der Waals surface area contributed by atoms with Crippen LogP contribution < -0.4 is 15.4 Å². The van der Waals surface area contributed by atoms with E-state index in [2.05, 4.69) is 15.9 Å². The van der Waals surface area contributed by atoms with Crippen LogP contribution in [0.4, 0.5) is 5.69 Å². The molecule has 0 aromatic heterocycles. The molecule has 1 aromatic rings. The highest BCUT2D eigenvalue weighted by molar-refractivity contribution is 9.10. The SMILES string of the molecule is COc1ccc(Br)cc1N(C)C(=O)CN. The standard InChI is InChI=1S/C10H13BrN2O2/c1-13(10(14)6-12)8-5-7(11)3-4-9(8)15-2/h3-5H,6,12H2,1-2H3. The van der Waals surface area contributed by atoms with E-state index in [1.165, 1.54) is 4.90 Å². The molecule has 0 saturated carbocycles. The fourth-order valence-electron chi connectivity index (χ4n) is 1.20. The Balaban J connectivity index is 3.10. The van der Waals surface area contributed by atoms with Crippen LogP contribution in [0.1, 0.15) is 0 Å². The van der Waals surface area contributed by atoms with Gasteiger partial charge in [0.15, 0.2) is 0 Å². The van der Waals surface area contributed by atoms with Crippen LogP contribution in [0.15, 0.2) is 22.7 Å². The van der Waals surface area contributed by atoms with Crippen molar-refractivity contribution in [3.63, 3.8) is 0 Å². The van der Waals surface area contributed by atoms with Crippen molar-refractivity contribution < 1.29 is 9.53 Å². The van der Waals surface area contributed by atoms with Crippen LogP contribution in [0.3, 0.4) is 0 Å². The largest absolute Gasteiger partial charge is 0.495 e. The summed E-state index contributed by atoms with van der Waals surface area (Å²) in [6.07, 6.45) is 0. The van der Waals surface area contributed by atoms with Gasteiger partial charge in [-0.2, -0.15) is 0 Å². The Bertz CT molecular complexity index is 368. The van der Waals surface area contributed by atoms with Crippen molar-refractivity contribution in [1.82, 2.24) is 0 Å². The second-order valence-electron chi connectivity index (χ2n) is 2.97. The molecule has 0 radical (unpaired) electrons. The molecule has 0 aliphatic rings. The van der Waals surface area contributed by atoms with E-state index in [1.807, 2.05) is 12.1 Å². The Kier molecular flexibility index (Phi) is 4.11. The number of ether oxygens (including phenoxy) is 1. The lowest BCUT2D eigenvalue weighted by atomic mass is 10.2. The van der Waals surface area contributed by atoms with E-state index < -0.39 is 0 Å². The summed E-state index contributed by atoms with van der Waals surface area (Å²) in [4.78, 5) is 12.9. The monoisotopic (exact) mass is 272 g/mol. The lowest BCUT2D eigenvalue weighted by molar-refractivity contribution is -0.117. The molecule has 0 aliphatic carbocycles. The molecule has 5 heteroatoms. The summed E-state index contributed by atoms with van der Waals surface area (Å²) in [5, 5.41) is 0. The predicted molar refractivity (Wildman–Crippen MR) is 63.2 cm³/mol. The minimum atomic E-state index is -0.161. The van der Waals surface area contributed by atoms with Gasteiger partial charge in [-0.05, 0) is 18.2 Å². The molecule has 0 unspecified atom stereocenters. The highest BCUT2D eigenvalue weighted by atomic mass is 79.9. The number of carbonyl (C=O) groups excluding carboxylic acids is 1. The van der Waals surface area contributed by atoms with Gasteiger partial charge in [0.05, 0.1) is 19.3 Å². The van der Waals surface area contributed by atoms with Gasteiger partial charge in [0.25, 0.3) is 0 Å². The number of benzene rings is 1. The Morgan fingerprint density at radius 1 is 1.60 bits per heavy atom. The molecule has 1 rings (SSSR count). The molecule has 4 nitrogen and oxygen atoms in total. The molecule has 0 aliphatic heterocycles. The second kappa shape index (κ2) is 5.14. The van der Waals surface area contributed by atoms with Crippen molar-refractivity contribution in [3.05, 3.63) is 22.7 Å². The number of methoxy groups -OCH3 is 1. The first-order chi connectivity index (χ1) is 7.10. The zero-order valence-corrected chi connectivity index (χ0v) is 10.2. The average Bonchev–Trinajstić information content (AvgIpc) is 2.27. The Hall–Kier alpha value is -1.07. The summed E-state index contributed by atoms with van der Waals surface area (Å²) >= 11 is 3.34. The van der Waals surface area contributed by atoms with Gasteiger partial charge in [0.1, 0.15) is 5.75 Å². The van der Waals surface area contributed by atoms with Crippen molar-refractivity contribution >= 4 is 27.5 Å². The van der Waals surface area contributed by atoms with E-state index in [9.17, 15) is 4.79 Å². The molecular weight excluding hydrogens is 260 g/mol. The van der Waals surface area contributed by atoms with Crippen LogP contribution in [0.2, 0.25) is 0 Å². The molecule has 0 bridgehead atoms. The summed E-state index contributed by atoms with van der Waals surface area (Å²) in [6.45, 7) is -0.0217. The van der Waals surface area contributed by atoms with Crippen molar-refractivity contribution in [2.24, 2.45) is 5.73 Å². The number of nitrogens with zero attached hydrogens (tertiary/aromatic N) is 1. The minimum Gasteiger partial charge on any atom is -0.495 e. The Labute approximate surface area is 97.1 Å². The van der Waals surface area contributed by atoms with E-state index in [1.54, 1.807) is 20.2 Å². The number of hydrogen-bond acceptors (Lipinski definition) is 3. The van der Waals surface area contributed by atoms with Crippen molar-refractivity contribution in [2.45, 2.75) is 0 Å². The Morgan fingerprint density at radius 2 is 2.27 bits per heavy atom. The van der Waals surface area contributed by atoms with Gasteiger partial charge in [0, 0.05) is 11.5 Å². The maximum Gasteiger partial charge on any atom is 0.240 e. The molecule has 82 valence electrons. The third kappa shape index (κ3) is 2.70. The number of hydrogen-bond donors (Lipinski definition) is 1. The zero-order chi connectivity index (χ0) is 11.4. The fourth-order valence-corrected chi connectivity index (χ4v) is 1.55. The molecule has 0 heterocycles. The molecule has 0 spiro atoms. The van der Waals surface area contributed by atoms with Crippen LogP contribution >= 0.6 is 15.9 Å². The van der Waals surface area contributed by atoms with E-state index in [0.29, 0.717) is 11.4 Å². The van der Waals surface area contributed by atoms with Crippen molar-refractivity contribution in [2.75, 3.05) is 25.6 Å². The van der Waals surface area contributed by atoms with Gasteiger partial charge in [-0.25, -0.2) is 0 Å².